The minimum Gasteiger partial charge on any atom is -0.478 e. The molecule has 1 aliphatic carbocycles. The molecule has 0 aromatic heterocycles. The highest BCUT2D eigenvalue weighted by Crippen LogP contribution is 2.44. The summed E-state index contributed by atoms with van der Waals surface area (Å²) in [6.07, 6.45) is 0.395. The van der Waals surface area contributed by atoms with Gasteiger partial charge in [0.05, 0.1) is 5.56 Å². The maximum absolute atomic E-state index is 12.8. The summed E-state index contributed by atoms with van der Waals surface area (Å²) in [5.41, 5.74) is 5.86. The number of rotatable bonds is 4. The van der Waals surface area contributed by atoms with Crippen LogP contribution in [-0.2, 0) is 4.74 Å². The smallest absolute Gasteiger partial charge is 0.409 e. The Morgan fingerprint density at radius 2 is 1.45 bits per heavy atom. The van der Waals surface area contributed by atoms with Crippen LogP contribution in [0.1, 0.15) is 45.3 Å². The number of carbonyl (C=O) groups is 2. The highest BCUT2D eigenvalue weighted by Gasteiger charge is 2.33. The van der Waals surface area contributed by atoms with E-state index in [1.54, 1.807) is 17.0 Å². The molecular weight excluding hydrogens is 390 g/mol. The van der Waals surface area contributed by atoms with Crippen molar-refractivity contribution in [2.24, 2.45) is 0 Å². The van der Waals surface area contributed by atoms with Gasteiger partial charge >= 0.3 is 12.1 Å². The Bertz CT molecular complexity index is 1110. The molecule has 1 N–H and O–H groups in total. The number of hydrogen-bond donors (Lipinski definition) is 1. The van der Waals surface area contributed by atoms with Gasteiger partial charge in [-0.3, -0.25) is 0 Å². The molecule has 0 bridgehead atoms. The van der Waals surface area contributed by atoms with Gasteiger partial charge in [-0.1, -0.05) is 66.7 Å². The van der Waals surface area contributed by atoms with Crippen molar-refractivity contribution in [1.29, 1.82) is 0 Å². The molecule has 0 saturated carbocycles. The number of carboxylic acid groups (broad SMARTS) is 1. The van der Waals surface area contributed by atoms with Crippen molar-refractivity contribution >= 4 is 12.1 Å². The standard InChI is InChI=1S/C26H23NO4/c28-25(29)23-12-6-1-7-18(23)17-13-14-27(15-17)26(30)31-16-24-21-10-4-2-8-19(21)20-9-3-5-11-22(20)24/h1-12,17,24H,13-16H2,(H,28,29). The van der Waals surface area contributed by atoms with Gasteiger partial charge in [-0.05, 0) is 40.3 Å². The normalized spacial score (nSPS) is 17.3. The van der Waals surface area contributed by atoms with Crippen LogP contribution in [0.3, 0.4) is 0 Å². The predicted molar refractivity (Wildman–Crippen MR) is 117 cm³/mol. The van der Waals surface area contributed by atoms with Crippen LogP contribution >= 0.6 is 0 Å². The quantitative estimate of drug-likeness (QED) is 0.644. The van der Waals surface area contributed by atoms with Crippen molar-refractivity contribution in [3.8, 4) is 11.1 Å². The second-order valence-electron chi connectivity index (χ2n) is 8.13. The fourth-order valence-electron chi connectivity index (χ4n) is 4.91. The Balaban J connectivity index is 1.28. The Morgan fingerprint density at radius 1 is 0.871 bits per heavy atom. The summed E-state index contributed by atoms with van der Waals surface area (Å²) < 4.78 is 5.76. The summed E-state index contributed by atoms with van der Waals surface area (Å²) in [6, 6.07) is 23.6. The number of carbonyl (C=O) groups excluding carboxylic acids is 1. The van der Waals surface area contributed by atoms with Gasteiger partial charge in [0.15, 0.2) is 0 Å². The third kappa shape index (κ3) is 3.46. The summed E-state index contributed by atoms with van der Waals surface area (Å²) in [5, 5.41) is 9.46. The summed E-state index contributed by atoms with van der Waals surface area (Å²) in [5.74, 6) is -0.898. The van der Waals surface area contributed by atoms with E-state index in [1.807, 2.05) is 36.4 Å². The van der Waals surface area contributed by atoms with Crippen molar-refractivity contribution in [3.63, 3.8) is 0 Å². The van der Waals surface area contributed by atoms with E-state index in [4.69, 9.17) is 4.74 Å². The molecule has 1 aliphatic heterocycles. The molecule has 0 radical (unpaired) electrons. The molecule has 3 aromatic rings. The average Bonchev–Trinajstić information content (AvgIpc) is 3.41. The number of hydrogen-bond acceptors (Lipinski definition) is 3. The molecule has 1 saturated heterocycles. The van der Waals surface area contributed by atoms with E-state index >= 15 is 0 Å². The number of fused-ring (bicyclic) bond motifs is 3. The second kappa shape index (κ2) is 7.91. The molecule has 0 spiro atoms. The molecule has 3 aromatic carbocycles. The van der Waals surface area contributed by atoms with E-state index in [0.29, 0.717) is 25.3 Å². The molecule has 1 unspecified atom stereocenters. The maximum atomic E-state index is 12.8. The molecule has 31 heavy (non-hydrogen) atoms. The van der Waals surface area contributed by atoms with Gasteiger partial charge in [0, 0.05) is 24.9 Å². The third-order valence-electron chi connectivity index (χ3n) is 6.41. The van der Waals surface area contributed by atoms with Crippen LogP contribution in [0.2, 0.25) is 0 Å². The Labute approximate surface area is 180 Å². The Morgan fingerprint density at radius 3 is 2.10 bits per heavy atom. The highest BCUT2D eigenvalue weighted by molar-refractivity contribution is 5.89. The van der Waals surface area contributed by atoms with Gasteiger partial charge in [-0.15, -0.1) is 0 Å². The first-order chi connectivity index (χ1) is 15.1. The van der Waals surface area contributed by atoms with Gasteiger partial charge in [-0.25, -0.2) is 9.59 Å². The molecular formula is C26H23NO4. The SMILES string of the molecule is O=C(O)c1ccccc1C1CCN(C(=O)OCC2c3ccccc3-c3ccccc32)C1. The van der Waals surface area contributed by atoms with Gasteiger partial charge in [0.1, 0.15) is 6.61 Å². The van der Waals surface area contributed by atoms with Gasteiger partial charge < -0.3 is 14.7 Å². The van der Waals surface area contributed by atoms with Crippen LogP contribution in [0.5, 0.6) is 0 Å². The monoisotopic (exact) mass is 413 g/mol. The zero-order chi connectivity index (χ0) is 21.4. The lowest BCUT2D eigenvalue weighted by atomic mass is 9.93. The second-order valence-corrected chi connectivity index (χ2v) is 8.13. The first-order valence-corrected chi connectivity index (χ1v) is 10.6. The Kier molecular flexibility index (Phi) is 4.94. The zero-order valence-electron chi connectivity index (χ0n) is 17.0. The summed E-state index contributed by atoms with van der Waals surface area (Å²) in [4.78, 5) is 26.0. The van der Waals surface area contributed by atoms with Crippen LogP contribution in [0.4, 0.5) is 4.79 Å². The van der Waals surface area contributed by atoms with Crippen LogP contribution in [0, 0.1) is 0 Å². The molecule has 1 heterocycles. The van der Waals surface area contributed by atoms with E-state index in [0.717, 1.165) is 12.0 Å². The van der Waals surface area contributed by atoms with Crippen LogP contribution < -0.4 is 0 Å². The fraction of sp³-hybridized carbons (Fsp3) is 0.231. The van der Waals surface area contributed by atoms with Crippen LogP contribution in [-0.4, -0.2) is 41.8 Å². The number of likely N-dealkylation sites (tertiary alicyclic amines) is 1. The summed E-state index contributed by atoms with van der Waals surface area (Å²) in [6.45, 7) is 1.33. The highest BCUT2D eigenvalue weighted by atomic mass is 16.6. The number of nitrogens with zero attached hydrogens (tertiary/aromatic N) is 1. The van der Waals surface area contributed by atoms with E-state index in [-0.39, 0.29) is 17.9 Å². The molecule has 1 amide bonds. The molecule has 2 aliphatic rings. The number of amides is 1. The molecule has 156 valence electrons. The molecule has 1 fully saturated rings. The van der Waals surface area contributed by atoms with Crippen molar-refractivity contribution in [2.45, 2.75) is 18.3 Å². The average molecular weight is 413 g/mol. The number of carboxylic acids is 1. The van der Waals surface area contributed by atoms with Gasteiger partial charge in [0.25, 0.3) is 0 Å². The first kappa shape index (κ1) is 19.4. The summed E-state index contributed by atoms with van der Waals surface area (Å²) >= 11 is 0. The van der Waals surface area contributed by atoms with E-state index in [2.05, 4.69) is 24.3 Å². The van der Waals surface area contributed by atoms with E-state index < -0.39 is 5.97 Å². The molecule has 5 rings (SSSR count). The van der Waals surface area contributed by atoms with E-state index in [1.165, 1.54) is 22.3 Å². The van der Waals surface area contributed by atoms with Crippen LogP contribution in [0.25, 0.3) is 11.1 Å². The van der Waals surface area contributed by atoms with Gasteiger partial charge in [-0.2, -0.15) is 0 Å². The van der Waals surface area contributed by atoms with Crippen molar-refractivity contribution in [3.05, 3.63) is 95.1 Å². The third-order valence-corrected chi connectivity index (χ3v) is 6.41. The van der Waals surface area contributed by atoms with Crippen molar-refractivity contribution in [1.82, 2.24) is 4.90 Å². The molecule has 5 nitrogen and oxygen atoms in total. The number of ether oxygens (including phenoxy) is 1. The lowest BCUT2D eigenvalue weighted by Crippen LogP contribution is -2.30. The fourth-order valence-corrected chi connectivity index (χ4v) is 4.91. The van der Waals surface area contributed by atoms with Crippen molar-refractivity contribution < 1.29 is 19.4 Å². The largest absolute Gasteiger partial charge is 0.478 e. The molecule has 5 heteroatoms. The minimum atomic E-state index is -0.935. The topological polar surface area (TPSA) is 66.8 Å². The number of aromatic carboxylic acids is 1. The minimum absolute atomic E-state index is 0.00721. The van der Waals surface area contributed by atoms with Crippen LogP contribution in [0.15, 0.2) is 72.8 Å². The van der Waals surface area contributed by atoms with Crippen molar-refractivity contribution in [2.75, 3.05) is 19.7 Å². The lowest BCUT2D eigenvalue weighted by Gasteiger charge is -2.20. The van der Waals surface area contributed by atoms with E-state index in [9.17, 15) is 14.7 Å². The lowest BCUT2D eigenvalue weighted by molar-refractivity contribution is 0.0695. The first-order valence-electron chi connectivity index (χ1n) is 10.6. The molecule has 1 atom stereocenters. The Hall–Kier alpha value is -3.60. The van der Waals surface area contributed by atoms with Gasteiger partial charge in [0.2, 0.25) is 0 Å². The maximum Gasteiger partial charge on any atom is 0.409 e. The predicted octanol–water partition coefficient (Wildman–Crippen LogP) is 5.12. The zero-order valence-corrected chi connectivity index (χ0v) is 17.0. The number of benzene rings is 3. The summed E-state index contributed by atoms with van der Waals surface area (Å²) in [7, 11) is 0.